The number of anilines is 1. The highest BCUT2D eigenvalue weighted by Crippen LogP contribution is 2.39. The highest BCUT2D eigenvalue weighted by Gasteiger charge is 2.45. The van der Waals surface area contributed by atoms with Crippen molar-refractivity contribution in [2.75, 3.05) is 18.6 Å². The SMILES string of the molecule is COC(=O)C1CCN(c2cccc(Cl)c2)C1(C)C. The molecule has 0 aromatic heterocycles. The first-order valence-corrected chi connectivity index (χ1v) is 6.45. The van der Waals surface area contributed by atoms with Crippen LogP contribution in [0.4, 0.5) is 5.69 Å². The van der Waals surface area contributed by atoms with Crippen LogP contribution in [0.25, 0.3) is 0 Å². The lowest BCUT2D eigenvalue weighted by Gasteiger charge is -2.36. The zero-order valence-corrected chi connectivity index (χ0v) is 11.7. The van der Waals surface area contributed by atoms with Gasteiger partial charge in [0.2, 0.25) is 0 Å². The van der Waals surface area contributed by atoms with Crippen LogP contribution in [-0.2, 0) is 9.53 Å². The third-order valence-electron chi connectivity index (χ3n) is 3.80. The third-order valence-corrected chi connectivity index (χ3v) is 4.03. The molecule has 0 amide bonds. The second-order valence-corrected chi connectivity index (χ2v) is 5.59. The average Bonchev–Trinajstić information content (AvgIpc) is 2.63. The second-order valence-electron chi connectivity index (χ2n) is 5.15. The van der Waals surface area contributed by atoms with Crippen LogP contribution >= 0.6 is 11.6 Å². The van der Waals surface area contributed by atoms with E-state index in [9.17, 15) is 4.79 Å². The number of ether oxygens (including phenoxy) is 1. The lowest BCUT2D eigenvalue weighted by Crippen LogP contribution is -2.45. The second kappa shape index (κ2) is 4.81. The molecule has 0 N–H and O–H groups in total. The molecule has 98 valence electrons. The van der Waals surface area contributed by atoms with Crippen molar-refractivity contribution in [1.82, 2.24) is 0 Å². The molecule has 1 saturated heterocycles. The van der Waals surface area contributed by atoms with Crippen LogP contribution in [0.15, 0.2) is 24.3 Å². The molecule has 0 spiro atoms. The van der Waals surface area contributed by atoms with Crippen LogP contribution in [0.5, 0.6) is 0 Å². The molecule has 1 atom stereocenters. The quantitative estimate of drug-likeness (QED) is 0.771. The fourth-order valence-corrected chi connectivity index (χ4v) is 2.93. The summed E-state index contributed by atoms with van der Waals surface area (Å²) < 4.78 is 4.89. The number of carbonyl (C=O) groups excluding carboxylic acids is 1. The first-order valence-electron chi connectivity index (χ1n) is 6.08. The number of esters is 1. The molecule has 0 aliphatic carbocycles. The van der Waals surface area contributed by atoms with Gasteiger partial charge in [0.1, 0.15) is 0 Å². The minimum atomic E-state index is -0.252. The minimum Gasteiger partial charge on any atom is -0.469 e. The van der Waals surface area contributed by atoms with Gasteiger partial charge in [0.15, 0.2) is 0 Å². The molecule has 1 unspecified atom stereocenters. The van der Waals surface area contributed by atoms with E-state index in [0.29, 0.717) is 5.02 Å². The lowest BCUT2D eigenvalue weighted by atomic mass is 9.88. The maximum atomic E-state index is 11.8. The van der Waals surface area contributed by atoms with Crippen molar-refractivity contribution in [3.05, 3.63) is 29.3 Å². The average molecular weight is 268 g/mol. The van der Waals surface area contributed by atoms with Crippen molar-refractivity contribution < 1.29 is 9.53 Å². The molecule has 18 heavy (non-hydrogen) atoms. The summed E-state index contributed by atoms with van der Waals surface area (Å²) in [6.45, 7) is 4.98. The summed E-state index contributed by atoms with van der Waals surface area (Å²) in [5.74, 6) is -0.231. The fourth-order valence-electron chi connectivity index (χ4n) is 2.74. The lowest BCUT2D eigenvalue weighted by molar-refractivity contribution is -0.146. The summed E-state index contributed by atoms with van der Waals surface area (Å²) >= 11 is 6.02. The van der Waals surface area contributed by atoms with E-state index >= 15 is 0 Å². The van der Waals surface area contributed by atoms with Gasteiger partial charge in [-0.2, -0.15) is 0 Å². The molecule has 2 rings (SSSR count). The zero-order valence-electron chi connectivity index (χ0n) is 10.9. The van der Waals surface area contributed by atoms with Crippen molar-refractivity contribution in [2.24, 2.45) is 5.92 Å². The van der Waals surface area contributed by atoms with Crippen LogP contribution in [0, 0.1) is 5.92 Å². The molecule has 1 aromatic carbocycles. The first-order chi connectivity index (χ1) is 8.46. The Balaban J connectivity index is 2.29. The van der Waals surface area contributed by atoms with Crippen LogP contribution < -0.4 is 4.90 Å². The number of carbonyl (C=O) groups is 1. The van der Waals surface area contributed by atoms with E-state index in [2.05, 4.69) is 18.7 Å². The Bertz CT molecular complexity index is 459. The topological polar surface area (TPSA) is 29.5 Å². The predicted octanol–water partition coefficient (Wildman–Crippen LogP) is 3.12. The van der Waals surface area contributed by atoms with E-state index < -0.39 is 0 Å². The highest BCUT2D eigenvalue weighted by atomic mass is 35.5. The molecule has 1 fully saturated rings. The predicted molar refractivity (Wildman–Crippen MR) is 73.0 cm³/mol. The van der Waals surface area contributed by atoms with Gasteiger partial charge in [-0.1, -0.05) is 17.7 Å². The Morgan fingerprint density at radius 3 is 2.83 bits per heavy atom. The summed E-state index contributed by atoms with van der Waals surface area (Å²) in [7, 11) is 1.44. The normalized spacial score (nSPS) is 22.0. The van der Waals surface area contributed by atoms with Gasteiger partial charge in [-0.05, 0) is 38.5 Å². The Hall–Kier alpha value is -1.22. The molecule has 1 aliphatic heterocycles. The van der Waals surface area contributed by atoms with Crippen LogP contribution in [0.2, 0.25) is 5.02 Å². The van der Waals surface area contributed by atoms with E-state index in [1.54, 1.807) is 0 Å². The van der Waals surface area contributed by atoms with E-state index in [1.807, 2.05) is 24.3 Å². The molecule has 1 aromatic rings. The number of hydrogen-bond donors (Lipinski definition) is 0. The third kappa shape index (κ3) is 2.19. The fraction of sp³-hybridized carbons (Fsp3) is 0.500. The van der Waals surface area contributed by atoms with E-state index in [4.69, 9.17) is 16.3 Å². The van der Waals surface area contributed by atoms with E-state index in [0.717, 1.165) is 18.7 Å². The first kappa shape index (κ1) is 13.2. The largest absolute Gasteiger partial charge is 0.469 e. The van der Waals surface area contributed by atoms with Gasteiger partial charge >= 0.3 is 5.97 Å². The summed E-state index contributed by atoms with van der Waals surface area (Å²) in [6, 6.07) is 7.74. The Labute approximate surface area is 113 Å². The molecular formula is C14H18ClNO2. The van der Waals surface area contributed by atoms with Gasteiger partial charge in [-0.25, -0.2) is 0 Å². The Morgan fingerprint density at radius 1 is 1.50 bits per heavy atom. The van der Waals surface area contributed by atoms with Crippen molar-refractivity contribution >= 4 is 23.3 Å². The summed E-state index contributed by atoms with van der Waals surface area (Å²) in [4.78, 5) is 14.0. The Kier molecular flexibility index (Phi) is 3.53. The van der Waals surface area contributed by atoms with Gasteiger partial charge in [-0.15, -0.1) is 0 Å². The number of benzene rings is 1. The molecule has 0 saturated carbocycles. The van der Waals surface area contributed by atoms with Gasteiger partial charge in [0, 0.05) is 22.8 Å². The van der Waals surface area contributed by atoms with Gasteiger partial charge in [0.05, 0.1) is 13.0 Å². The smallest absolute Gasteiger partial charge is 0.311 e. The van der Waals surface area contributed by atoms with E-state index in [-0.39, 0.29) is 17.4 Å². The van der Waals surface area contributed by atoms with Crippen molar-refractivity contribution in [2.45, 2.75) is 25.8 Å². The van der Waals surface area contributed by atoms with Gasteiger partial charge in [-0.3, -0.25) is 4.79 Å². The maximum Gasteiger partial charge on any atom is 0.311 e. The number of hydrogen-bond acceptors (Lipinski definition) is 3. The summed E-state index contributed by atoms with van der Waals surface area (Å²) in [6.07, 6.45) is 0.812. The molecule has 1 heterocycles. The van der Waals surface area contributed by atoms with Crippen molar-refractivity contribution in [3.63, 3.8) is 0 Å². The van der Waals surface area contributed by atoms with Crippen molar-refractivity contribution in [1.29, 1.82) is 0 Å². The maximum absolute atomic E-state index is 11.8. The van der Waals surface area contributed by atoms with Crippen LogP contribution in [0.3, 0.4) is 0 Å². The van der Waals surface area contributed by atoms with E-state index in [1.165, 1.54) is 7.11 Å². The molecule has 3 nitrogen and oxygen atoms in total. The summed E-state index contributed by atoms with van der Waals surface area (Å²) in [5, 5.41) is 0.713. The molecular weight excluding hydrogens is 250 g/mol. The van der Waals surface area contributed by atoms with Gasteiger partial charge in [0.25, 0.3) is 0 Å². The molecule has 0 bridgehead atoms. The molecule has 4 heteroatoms. The number of nitrogens with zero attached hydrogens (tertiary/aromatic N) is 1. The minimum absolute atomic E-state index is 0.0959. The highest BCUT2D eigenvalue weighted by molar-refractivity contribution is 6.30. The standard InChI is InChI=1S/C14H18ClNO2/c1-14(2)12(13(17)18-3)7-8-16(14)11-6-4-5-10(15)9-11/h4-6,9,12H,7-8H2,1-3H3. The van der Waals surface area contributed by atoms with Crippen LogP contribution in [-0.4, -0.2) is 25.2 Å². The molecule has 0 radical (unpaired) electrons. The Morgan fingerprint density at radius 2 is 2.22 bits per heavy atom. The summed E-state index contributed by atoms with van der Waals surface area (Å²) in [5.41, 5.74) is 0.802. The van der Waals surface area contributed by atoms with Crippen molar-refractivity contribution in [3.8, 4) is 0 Å². The number of rotatable bonds is 2. The monoisotopic (exact) mass is 267 g/mol. The van der Waals surface area contributed by atoms with Crippen LogP contribution in [0.1, 0.15) is 20.3 Å². The molecule has 1 aliphatic rings. The zero-order chi connectivity index (χ0) is 13.3. The van der Waals surface area contributed by atoms with Gasteiger partial charge < -0.3 is 9.64 Å². The number of halogens is 1. The number of methoxy groups -OCH3 is 1.